The first kappa shape index (κ1) is 15.0. The van der Waals surface area contributed by atoms with Crippen LogP contribution >= 0.6 is 11.3 Å². The van der Waals surface area contributed by atoms with Crippen molar-refractivity contribution in [2.45, 2.75) is 38.5 Å². The molecule has 2 N–H and O–H groups in total. The van der Waals surface area contributed by atoms with Crippen molar-refractivity contribution >= 4 is 23.2 Å². The van der Waals surface area contributed by atoms with E-state index in [-0.39, 0.29) is 6.03 Å². The Bertz CT molecular complexity index is 659. The van der Waals surface area contributed by atoms with Gasteiger partial charge in [0.15, 0.2) is 0 Å². The highest BCUT2D eigenvalue weighted by atomic mass is 32.1. The molecule has 0 spiro atoms. The van der Waals surface area contributed by atoms with Crippen LogP contribution < -0.4 is 10.6 Å². The number of rotatable bonds is 5. The van der Waals surface area contributed by atoms with E-state index in [1.54, 1.807) is 16.0 Å². The minimum atomic E-state index is -0.198. The molecule has 0 unspecified atom stereocenters. The highest BCUT2D eigenvalue weighted by Crippen LogP contribution is 2.36. The lowest BCUT2D eigenvalue weighted by Gasteiger charge is -2.22. The SMILES string of the molecule is Cc1cnc(CCNC(=O)Nc2cc(C3CCC3)nn2C)s1. The van der Waals surface area contributed by atoms with Crippen molar-refractivity contribution in [2.75, 3.05) is 11.9 Å². The molecule has 1 aliphatic rings. The molecule has 1 fully saturated rings. The maximum Gasteiger partial charge on any atom is 0.320 e. The third kappa shape index (κ3) is 3.47. The molecule has 2 aromatic heterocycles. The molecule has 0 bridgehead atoms. The van der Waals surface area contributed by atoms with Gasteiger partial charge >= 0.3 is 6.03 Å². The summed E-state index contributed by atoms with van der Waals surface area (Å²) in [7, 11) is 1.86. The van der Waals surface area contributed by atoms with Crippen LogP contribution in [0.4, 0.5) is 10.6 Å². The maximum atomic E-state index is 11.9. The smallest absolute Gasteiger partial charge is 0.320 e. The topological polar surface area (TPSA) is 71.8 Å². The van der Waals surface area contributed by atoms with Gasteiger partial charge in [-0.1, -0.05) is 6.42 Å². The molecule has 6 nitrogen and oxygen atoms in total. The first-order valence-corrected chi connectivity index (χ1v) is 8.43. The molecule has 0 aliphatic heterocycles. The van der Waals surface area contributed by atoms with Crippen LogP contribution in [0.25, 0.3) is 0 Å². The quantitative estimate of drug-likeness (QED) is 0.890. The second-order valence-electron chi connectivity index (χ2n) is 5.70. The minimum absolute atomic E-state index is 0.198. The van der Waals surface area contributed by atoms with Crippen LogP contribution in [0.5, 0.6) is 0 Å². The van der Waals surface area contributed by atoms with E-state index in [0.29, 0.717) is 12.5 Å². The summed E-state index contributed by atoms with van der Waals surface area (Å²) < 4.78 is 1.73. The lowest BCUT2D eigenvalue weighted by molar-refractivity contribution is 0.252. The average molecular weight is 319 g/mol. The zero-order chi connectivity index (χ0) is 15.5. The Morgan fingerprint density at radius 2 is 2.32 bits per heavy atom. The van der Waals surface area contributed by atoms with Crippen molar-refractivity contribution < 1.29 is 4.79 Å². The average Bonchev–Trinajstić information content (AvgIpc) is 2.95. The van der Waals surface area contributed by atoms with Gasteiger partial charge in [-0.3, -0.25) is 10.00 Å². The summed E-state index contributed by atoms with van der Waals surface area (Å²) in [5, 5.41) is 11.2. The normalized spacial score (nSPS) is 14.6. The number of carbonyl (C=O) groups is 1. The van der Waals surface area contributed by atoms with E-state index < -0.39 is 0 Å². The molecule has 1 aliphatic carbocycles. The molecule has 7 heteroatoms. The van der Waals surface area contributed by atoms with Gasteiger partial charge in [-0.25, -0.2) is 9.78 Å². The van der Waals surface area contributed by atoms with Crippen molar-refractivity contribution in [3.8, 4) is 0 Å². The fraction of sp³-hybridized carbons (Fsp3) is 0.533. The van der Waals surface area contributed by atoms with Crippen LogP contribution in [0.15, 0.2) is 12.3 Å². The number of aromatic nitrogens is 3. The van der Waals surface area contributed by atoms with Gasteiger partial charge in [0.1, 0.15) is 5.82 Å². The summed E-state index contributed by atoms with van der Waals surface area (Å²) in [6, 6.07) is 1.78. The Balaban J connectivity index is 1.48. The molecule has 1 saturated carbocycles. The predicted molar refractivity (Wildman–Crippen MR) is 87.4 cm³/mol. The van der Waals surface area contributed by atoms with Gasteiger partial charge in [-0.05, 0) is 19.8 Å². The monoisotopic (exact) mass is 319 g/mol. The maximum absolute atomic E-state index is 11.9. The number of nitrogens with zero attached hydrogens (tertiary/aromatic N) is 3. The summed E-state index contributed by atoms with van der Waals surface area (Å²) in [4.78, 5) is 17.4. The van der Waals surface area contributed by atoms with Gasteiger partial charge in [0.2, 0.25) is 0 Å². The summed E-state index contributed by atoms with van der Waals surface area (Å²) in [6.07, 6.45) is 6.30. The number of anilines is 1. The van der Waals surface area contributed by atoms with Gasteiger partial charge in [0.25, 0.3) is 0 Å². The first-order valence-electron chi connectivity index (χ1n) is 7.62. The highest BCUT2D eigenvalue weighted by molar-refractivity contribution is 7.11. The molecule has 0 radical (unpaired) electrons. The molecular formula is C15H21N5OS. The van der Waals surface area contributed by atoms with E-state index >= 15 is 0 Å². The van der Waals surface area contributed by atoms with Gasteiger partial charge < -0.3 is 5.32 Å². The van der Waals surface area contributed by atoms with E-state index in [1.807, 2.05) is 26.2 Å². The van der Waals surface area contributed by atoms with Gasteiger partial charge in [-0.2, -0.15) is 5.10 Å². The van der Waals surface area contributed by atoms with E-state index in [4.69, 9.17) is 0 Å². The minimum Gasteiger partial charge on any atom is -0.337 e. The molecule has 0 atom stereocenters. The molecule has 22 heavy (non-hydrogen) atoms. The third-order valence-corrected chi connectivity index (χ3v) is 4.93. The largest absolute Gasteiger partial charge is 0.337 e. The number of hydrogen-bond acceptors (Lipinski definition) is 4. The fourth-order valence-corrected chi connectivity index (χ4v) is 3.26. The lowest BCUT2D eigenvalue weighted by Crippen LogP contribution is -2.31. The van der Waals surface area contributed by atoms with Crippen molar-refractivity contribution in [1.29, 1.82) is 0 Å². The number of aryl methyl sites for hydroxylation is 2. The van der Waals surface area contributed by atoms with Crippen LogP contribution in [0, 0.1) is 6.92 Å². The zero-order valence-corrected chi connectivity index (χ0v) is 13.7. The Labute approximate surface area is 133 Å². The van der Waals surface area contributed by atoms with Crippen LogP contribution in [0.3, 0.4) is 0 Å². The Hall–Kier alpha value is -1.89. The second-order valence-corrected chi connectivity index (χ2v) is 7.02. The van der Waals surface area contributed by atoms with E-state index in [1.165, 1.54) is 24.1 Å². The highest BCUT2D eigenvalue weighted by Gasteiger charge is 2.23. The molecule has 2 heterocycles. The number of thiazole rings is 1. The third-order valence-electron chi connectivity index (χ3n) is 3.96. The van der Waals surface area contributed by atoms with Crippen LogP contribution in [-0.4, -0.2) is 27.3 Å². The summed E-state index contributed by atoms with van der Waals surface area (Å²) in [6.45, 7) is 2.61. The molecular weight excluding hydrogens is 298 g/mol. The summed E-state index contributed by atoms with van der Waals surface area (Å²) in [5.41, 5.74) is 1.09. The van der Waals surface area contributed by atoms with Crippen molar-refractivity contribution in [2.24, 2.45) is 7.05 Å². The zero-order valence-electron chi connectivity index (χ0n) is 12.9. The standard InChI is InChI=1S/C15H21N5OS/c1-10-9-17-14(22-10)6-7-16-15(21)18-13-8-12(19-20(13)2)11-4-3-5-11/h8-9,11H,3-7H2,1-2H3,(H2,16,18,21). The molecule has 2 aromatic rings. The fourth-order valence-electron chi connectivity index (χ4n) is 2.47. The molecule has 0 aromatic carbocycles. The van der Waals surface area contributed by atoms with Crippen LogP contribution in [0.2, 0.25) is 0 Å². The van der Waals surface area contributed by atoms with Gasteiger partial charge in [-0.15, -0.1) is 11.3 Å². The number of hydrogen-bond donors (Lipinski definition) is 2. The van der Waals surface area contributed by atoms with Gasteiger partial charge in [0.05, 0.1) is 10.7 Å². The summed E-state index contributed by atoms with van der Waals surface area (Å²) >= 11 is 1.66. The summed E-state index contributed by atoms with van der Waals surface area (Å²) in [5.74, 6) is 1.31. The molecule has 3 rings (SSSR count). The number of urea groups is 1. The second kappa shape index (κ2) is 6.48. The van der Waals surface area contributed by atoms with Gasteiger partial charge in [0, 0.05) is 43.1 Å². The number of nitrogens with one attached hydrogen (secondary N) is 2. The first-order chi connectivity index (χ1) is 10.6. The number of carbonyl (C=O) groups excluding carboxylic acids is 1. The van der Waals surface area contributed by atoms with Crippen molar-refractivity contribution in [3.63, 3.8) is 0 Å². The van der Waals surface area contributed by atoms with Crippen LogP contribution in [-0.2, 0) is 13.5 Å². The van der Waals surface area contributed by atoms with Crippen molar-refractivity contribution in [1.82, 2.24) is 20.1 Å². The Morgan fingerprint density at radius 1 is 1.50 bits per heavy atom. The Kier molecular flexibility index (Phi) is 4.42. The van der Waals surface area contributed by atoms with Crippen molar-refractivity contribution in [3.05, 3.63) is 27.8 Å². The lowest BCUT2D eigenvalue weighted by atomic mass is 9.83. The van der Waals surface area contributed by atoms with E-state index in [0.717, 1.165) is 22.9 Å². The van der Waals surface area contributed by atoms with E-state index in [2.05, 4.69) is 20.7 Å². The Morgan fingerprint density at radius 3 is 2.95 bits per heavy atom. The predicted octanol–water partition coefficient (Wildman–Crippen LogP) is 2.82. The molecule has 118 valence electrons. The van der Waals surface area contributed by atoms with E-state index in [9.17, 15) is 4.79 Å². The number of amides is 2. The molecule has 0 saturated heterocycles. The van der Waals surface area contributed by atoms with Crippen LogP contribution in [0.1, 0.15) is 40.8 Å². The molecule has 2 amide bonds.